The zero-order chi connectivity index (χ0) is 30.5. The van der Waals surface area contributed by atoms with E-state index in [0.29, 0.717) is 5.56 Å². The number of carboxylic acids is 1. The van der Waals surface area contributed by atoms with E-state index in [9.17, 15) is 29.1 Å². The number of primary amides is 1. The number of nitrogens with one attached hydrogen (secondary N) is 3. The summed E-state index contributed by atoms with van der Waals surface area (Å²) in [6.45, 7) is 0. The third kappa shape index (κ3) is 10.2. The van der Waals surface area contributed by atoms with Crippen molar-refractivity contribution in [3.05, 3.63) is 108 Å². The van der Waals surface area contributed by atoms with E-state index in [0.717, 1.165) is 11.1 Å². The van der Waals surface area contributed by atoms with Gasteiger partial charge in [-0.15, -0.1) is 0 Å². The van der Waals surface area contributed by atoms with Crippen molar-refractivity contribution in [2.45, 2.75) is 49.9 Å². The van der Waals surface area contributed by atoms with Crippen LogP contribution >= 0.6 is 0 Å². The summed E-state index contributed by atoms with van der Waals surface area (Å²) in [7, 11) is 0. The highest BCUT2D eigenvalue weighted by Crippen LogP contribution is 2.08. The van der Waals surface area contributed by atoms with Gasteiger partial charge in [-0.25, -0.2) is 4.79 Å². The Balaban J connectivity index is 1.76. The first-order chi connectivity index (χ1) is 20.1. The lowest BCUT2D eigenvalue weighted by Crippen LogP contribution is -2.58. The largest absolute Gasteiger partial charge is 0.480 e. The number of benzene rings is 3. The predicted octanol–water partition coefficient (Wildman–Crippen LogP) is 0.456. The highest BCUT2D eigenvalue weighted by molar-refractivity contribution is 5.96. The summed E-state index contributed by atoms with van der Waals surface area (Å²) in [5.74, 6) is -4.44. The number of rotatable bonds is 15. The molecule has 11 nitrogen and oxygen atoms in total. The Bertz CT molecular complexity index is 1350. The Morgan fingerprint density at radius 3 is 1.40 bits per heavy atom. The van der Waals surface area contributed by atoms with Crippen LogP contribution in [0.4, 0.5) is 0 Å². The lowest BCUT2D eigenvalue weighted by Gasteiger charge is -2.25. The first-order valence-corrected chi connectivity index (χ1v) is 13.4. The van der Waals surface area contributed by atoms with Crippen LogP contribution in [0, 0.1) is 0 Å². The number of carbonyl (C=O) groups excluding carboxylic acids is 4. The van der Waals surface area contributed by atoms with Gasteiger partial charge in [0.05, 0.1) is 12.5 Å². The van der Waals surface area contributed by atoms with Crippen molar-refractivity contribution in [1.82, 2.24) is 16.0 Å². The van der Waals surface area contributed by atoms with Crippen LogP contribution in [-0.4, -0.2) is 58.9 Å². The quantitative estimate of drug-likeness (QED) is 0.152. The molecular weight excluding hydrogens is 538 g/mol. The first-order valence-electron chi connectivity index (χ1n) is 13.4. The van der Waals surface area contributed by atoms with E-state index in [2.05, 4.69) is 16.0 Å². The Labute approximate surface area is 243 Å². The number of amides is 4. The minimum Gasteiger partial charge on any atom is -0.480 e. The maximum Gasteiger partial charge on any atom is 0.326 e. The molecule has 8 N–H and O–H groups in total. The molecule has 0 saturated heterocycles. The molecule has 11 heteroatoms. The van der Waals surface area contributed by atoms with E-state index < -0.39 is 60.2 Å². The van der Waals surface area contributed by atoms with Gasteiger partial charge in [0, 0.05) is 12.8 Å². The van der Waals surface area contributed by atoms with Crippen LogP contribution in [0.1, 0.15) is 23.1 Å². The third-order valence-corrected chi connectivity index (χ3v) is 6.49. The second-order valence-corrected chi connectivity index (χ2v) is 9.87. The molecular formula is C31H35N5O6. The van der Waals surface area contributed by atoms with E-state index in [1.165, 1.54) is 0 Å². The highest BCUT2D eigenvalue weighted by atomic mass is 16.4. The molecule has 0 aliphatic heterocycles. The fourth-order valence-corrected chi connectivity index (χ4v) is 4.30. The molecule has 0 aromatic heterocycles. The Hall–Kier alpha value is -5.03. The van der Waals surface area contributed by atoms with Gasteiger partial charge in [-0.05, 0) is 23.1 Å². The van der Waals surface area contributed by atoms with Crippen molar-refractivity contribution < 1.29 is 29.1 Å². The molecule has 0 aliphatic rings. The van der Waals surface area contributed by atoms with Gasteiger partial charge in [-0.2, -0.15) is 0 Å². The summed E-state index contributed by atoms with van der Waals surface area (Å²) in [6, 6.07) is 21.8. The molecule has 3 aromatic rings. The lowest BCUT2D eigenvalue weighted by molar-refractivity contribution is -0.142. The van der Waals surface area contributed by atoms with Crippen LogP contribution in [0.5, 0.6) is 0 Å². The van der Waals surface area contributed by atoms with Gasteiger partial charge in [-0.3, -0.25) is 19.2 Å². The minimum absolute atomic E-state index is 0.0227. The summed E-state index contributed by atoms with van der Waals surface area (Å²) in [6.07, 6.45) is -0.315. The summed E-state index contributed by atoms with van der Waals surface area (Å²) in [5.41, 5.74) is 13.7. The molecule has 0 bridgehead atoms. The summed E-state index contributed by atoms with van der Waals surface area (Å²) in [5, 5.41) is 17.2. The van der Waals surface area contributed by atoms with Gasteiger partial charge < -0.3 is 32.5 Å². The highest BCUT2D eigenvalue weighted by Gasteiger charge is 2.31. The lowest BCUT2D eigenvalue weighted by atomic mass is 10.0. The van der Waals surface area contributed by atoms with E-state index in [4.69, 9.17) is 11.5 Å². The van der Waals surface area contributed by atoms with Crippen molar-refractivity contribution in [3.8, 4) is 0 Å². The zero-order valence-electron chi connectivity index (χ0n) is 22.9. The Morgan fingerprint density at radius 1 is 0.571 bits per heavy atom. The zero-order valence-corrected chi connectivity index (χ0v) is 22.9. The van der Waals surface area contributed by atoms with Gasteiger partial charge in [0.15, 0.2) is 0 Å². The van der Waals surface area contributed by atoms with Crippen LogP contribution in [-0.2, 0) is 43.2 Å². The molecule has 0 saturated carbocycles. The number of hydrogen-bond acceptors (Lipinski definition) is 6. The van der Waals surface area contributed by atoms with Crippen molar-refractivity contribution in [2.75, 3.05) is 0 Å². The molecule has 220 valence electrons. The van der Waals surface area contributed by atoms with Gasteiger partial charge in [0.1, 0.15) is 18.1 Å². The molecule has 3 rings (SSSR count). The van der Waals surface area contributed by atoms with E-state index >= 15 is 0 Å². The van der Waals surface area contributed by atoms with Crippen LogP contribution in [0.25, 0.3) is 0 Å². The molecule has 0 heterocycles. The second kappa shape index (κ2) is 15.7. The first kappa shape index (κ1) is 31.5. The van der Waals surface area contributed by atoms with Crippen molar-refractivity contribution in [1.29, 1.82) is 0 Å². The maximum absolute atomic E-state index is 13.5. The normalized spacial score (nSPS) is 13.5. The van der Waals surface area contributed by atoms with E-state index in [-0.39, 0.29) is 19.3 Å². The molecule has 0 radical (unpaired) electrons. The summed E-state index contributed by atoms with van der Waals surface area (Å²) < 4.78 is 0. The Morgan fingerprint density at radius 2 is 0.952 bits per heavy atom. The predicted molar refractivity (Wildman–Crippen MR) is 156 cm³/mol. The molecule has 4 amide bonds. The van der Waals surface area contributed by atoms with Gasteiger partial charge in [0.2, 0.25) is 23.6 Å². The molecule has 4 atom stereocenters. The fourth-order valence-electron chi connectivity index (χ4n) is 4.30. The molecule has 0 fully saturated rings. The van der Waals surface area contributed by atoms with Crippen LogP contribution in [0.15, 0.2) is 91.0 Å². The maximum atomic E-state index is 13.5. The van der Waals surface area contributed by atoms with Crippen molar-refractivity contribution >= 4 is 29.6 Å². The SMILES string of the molecule is NC(=O)CC(NC(=O)C(Cc1ccccc1)NC(=O)C(N)Cc1ccccc1)C(=O)NC(Cc1ccccc1)C(=O)O. The average Bonchev–Trinajstić information content (AvgIpc) is 2.97. The number of hydrogen-bond donors (Lipinski definition) is 6. The fraction of sp³-hybridized carbons (Fsp3) is 0.258. The number of nitrogens with two attached hydrogens (primary N) is 2. The van der Waals surface area contributed by atoms with Gasteiger partial charge >= 0.3 is 5.97 Å². The van der Waals surface area contributed by atoms with E-state index in [1.54, 1.807) is 60.7 Å². The van der Waals surface area contributed by atoms with Crippen LogP contribution < -0.4 is 27.4 Å². The summed E-state index contributed by atoms with van der Waals surface area (Å²) in [4.78, 5) is 63.3. The standard InChI is InChI=1S/C31H35N5O6/c32-23(16-20-10-4-1-5-11-20)28(38)34-24(17-21-12-6-2-7-13-21)29(39)35-25(19-27(33)37)30(40)36-26(31(41)42)18-22-14-8-3-9-15-22/h1-15,23-26H,16-19,32H2,(H2,33,37)(H,34,38)(H,35,39)(H,36,40)(H,41,42). The Kier molecular flexibility index (Phi) is 11.8. The van der Waals surface area contributed by atoms with Crippen LogP contribution in [0.2, 0.25) is 0 Å². The smallest absolute Gasteiger partial charge is 0.326 e. The number of carbonyl (C=O) groups is 5. The molecule has 4 unspecified atom stereocenters. The molecule has 42 heavy (non-hydrogen) atoms. The third-order valence-electron chi connectivity index (χ3n) is 6.49. The average molecular weight is 574 g/mol. The minimum atomic E-state index is -1.49. The summed E-state index contributed by atoms with van der Waals surface area (Å²) >= 11 is 0. The number of aliphatic carboxylic acids is 1. The van der Waals surface area contributed by atoms with Crippen molar-refractivity contribution in [2.24, 2.45) is 11.5 Å². The van der Waals surface area contributed by atoms with Gasteiger partial charge in [-0.1, -0.05) is 91.0 Å². The number of carboxylic acid groups (broad SMARTS) is 1. The topological polar surface area (TPSA) is 194 Å². The molecule has 0 aliphatic carbocycles. The van der Waals surface area contributed by atoms with Crippen LogP contribution in [0.3, 0.4) is 0 Å². The molecule has 0 spiro atoms. The monoisotopic (exact) mass is 573 g/mol. The van der Waals surface area contributed by atoms with Crippen molar-refractivity contribution in [3.63, 3.8) is 0 Å². The second-order valence-electron chi connectivity index (χ2n) is 9.87. The van der Waals surface area contributed by atoms with Gasteiger partial charge in [0.25, 0.3) is 0 Å². The molecule has 3 aromatic carbocycles. The van der Waals surface area contributed by atoms with E-state index in [1.807, 2.05) is 30.3 Å².